The van der Waals surface area contributed by atoms with Crippen molar-refractivity contribution in [1.82, 2.24) is 5.16 Å². The molecule has 0 saturated carbocycles. The minimum atomic E-state index is -0.552. The lowest BCUT2D eigenvalue weighted by molar-refractivity contribution is -0.146. The zero-order valence-corrected chi connectivity index (χ0v) is 15.8. The Morgan fingerprint density at radius 3 is 2.58 bits per heavy atom. The highest BCUT2D eigenvalue weighted by Gasteiger charge is 2.18. The molecular formula is C17H20N2O6S. The van der Waals surface area contributed by atoms with Crippen molar-refractivity contribution in [2.75, 3.05) is 18.5 Å². The molecule has 26 heavy (non-hydrogen) atoms. The molecule has 1 N–H and O–H groups in total. The third kappa shape index (κ3) is 4.92. The van der Waals surface area contributed by atoms with E-state index >= 15 is 0 Å². The number of thiophene rings is 1. The van der Waals surface area contributed by atoms with Gasteiger partial charge in [-0.25, -0.2) is 4.79 Å². The molecule has 0 radical (unpaired) electrons. The van der Waals surface area contributed by atoms with Crippen molar-refractivity contribution in [3.05, 3.63) is 33.5 Å². The maximum absolute atomic E-state index is 11.9. The summed E-state index contributed by atoms with van der Waals surface area (Å²) < 4.78 is 14.9. The third-order valence-electron chi connectivity index (χ3n) is 3.51. The van der Waals surface area contributed by atoms with E-state index < -0.39 is 24.5 Å². The molecule has 140 valence electrons. The lowest BCUT2D eigenvalue weighted by Gasteiger charge is -2.05. The van der Waals surface area contributed by atoms with Crippen LogP contribution in [0.5, 0.6) is 0 Å². The number of hydrogen-bond donors (Lipinski definition) is 1. The zero-order valence-electron chi connectivity index (χ0n) is 15.0. The highest BCUT2D eigenvalue weighted by Crippen LogP contribution is 2.27. The monoisotopic (exact) mass is 380 g/mol. The molecule has 0 saturated heterocycles. The van der Waals surface area contributed by atoms with Crippen molar-refractivity contribution in [1.29, 1.82) is 0 Å². The second-order valence-corrected chi connectivity index (χ2v) is 6.58. The number of anilines is 1. The van der Waals surface area contributed by atoms with Crippen LogP contribution < -0.4 is 5.32 Å². The molecule has 1 amide bonds. The fraction of sp³-hybridized carbons (Fsp3) is 0.412. The highest BCUT2D eigenvalue weighted by atomic mass is 32.1. The van der Waals surface area contributed by atoms with Crippen LogP contribution in [0.2, 0.25) is 0 Å². The summed E-state index contributed by atoms with van der Waals surface area (Å²) in [6.45, 7) is 6.76. The molecule has 0 atom stereocenters. The Morgan fingerprint density at radius 1 is 1.23 bits per heavy atom. The van der Waals surface area contributed by atoms with E-state index in [1.54, 1.807) is 33.8 Å². The topological polar surface area (TPSA) is 108 Å². The van der Waals surface area contributed by atoms with Gasteiger partial charge >= 0.3 is 11.9 Å². The number of rotatable bonds is 7. The number of hydrogen-bond acceptors (Lipinski definition) is 8. The first-order valence-electron chi connectivity index (χ1n) is 7.96. The fourth-order valence-electron chi connectivity index (χ4n) is 2.21. The van der Waals surface area contributed by atoms with Crippen LogP contribution >= 0.6 is 11.3 Å². The largest absolute Gasteiger partial charge is 0.462 e. The minimum absolute atomic E-state index is 0.0143. The van der Waals surface area contributed by atoms with Gasteiger partial charge in [0, 0.05) is 5.56 Å². The number of nitrogens with one attached hydrogen (secondary N) is 1. The number of carbonyl (C=O) groups is 3. The molecule has 0 aliphatic carbocycles. The Morgan fingerprint density at radius 2 is 1.96 bits per heavy atom. The predicted molar refractivity (Wildman–Crippen MR) is 94.3 cm³/mol. The van der Waals surface area contributed by atoms with Gasteiger partial charge in [0.05, 0.1) is 23.7 Å². The smallest absolute Gasteiger partial charge is 0.348 e. The van der Waals surface area contributed by atoms with Crippen LogP contribution in [0, 0.1) is 20.8 Å². The molecule has 0 aliphatic rings. The molecule has 2 aromatic rings. The second kappa shape index (κ2) is 8.61. The van der Waals surface area contributed by atoms with E-state index in [9.17, 15) is 14.4 Å². The van der Waals surface area contributed by atoms with Gasteiger partial charge in [-0.3, -0.25) is 9.59 Å². The third-order valence-corrected chi connectivity index (χ3v) is 4.64. The van der Waals surface area contributed by atoms with Crippen molar-refractivity contribution >= 4 is 34.2 Å². The Balaban J connectivity index is 1.86. The van der Waals surface area contributed by atoms with E-state index in [-0.39, 0.29) is 13.0 Å². The molecule has 0 fully saturated rings. The van der Waals surface area contributed by atoms with E-state index in [1.165, 1.54) is 0 Å². The molecule has 2 rings (SSSR count). The number of nitrogens with zero attached hydrogens (tertiary/aromatic N) is 1. The first-order chi connectivity index (χ1) is 12.3. The van der Waals surface area contributed by atoms with Gasteiger partial charge in [-0.2, -0.15) is 0 Å². The molecule has 2 heterocycles. The van der Waals surface area contributed by atoms with E-state index in [0.29, 0.717) is 32.5 Å². The van der Waals surface area contributed by atoms with Crippen molar-refractivity contribution in [2.24, 2.45) is 0 Å². The lowest BCUT2D eigenvalue weighted by Crippen LogP contribution is -2.21. The number of ether oxygens (including phenoxy) is 2. The number of aromatic nitrogens is 1. The SMILES string of the molecule is CCOC(=O)c1sc(NC(=O)COC(=O)Cc2c(C)noc2C)cc1C. The molecule has 0 aromatic carbocycles. The Hall–Kier alpha value is -2.68. The molecular weight excluding hydrogens is 360 g/mol. The molecule has 8 nitrogen and oxygen atoms in total. The van der Waals surface area contributed by atoms with Gasteiger partial charge in [-0.15, -0.1) is 11.3 Å². The number of carbonyl (C=O) groups excluding carboxylic acids is 3. The zero-order chi connectivity index (χ0) is 19.3. The van der Waals surface area contributed by atoms with Crippen LogP contribution in [-0.2, 0) is 25.5 Å². The van der Waals surface area contributed by atoms with Gasteiger partial charge < -0.3 is 19.3 Å². The summed E-state index contributed by atoms with van der Waals surface area (Å²) in [5.74, 6) is -0.927. The average Bonchev–Trinajstić information content (AvgIpc) is 3.10. The van der Waals surface area contributed by atoms with Gasteiger partial charge in [0.25, 0.3) is 5.91 Å². The summed E-state index contributed by atoms with van der Waals surface area (Å²) in [5.41, 5.74) is 1.98. The normalized spacial score (nSPS) is 10.5. The lowest BCUT2D eigenvalue weighted by atomic mass is 10.1. The van der Waals surface area contributed by atoms with E-state index in [4.69, 9.17) is 14.0 Å². The Kier molecular flexibility index (Phi) is 6.51. The Bertz CT molecular complexity index is 804. The van der Waals surface area contributed by atoms with Gasteiger partial charge in [0.1, 0.15) is 10.6 Å². The van der Waals surface area contributed by atoms with Gasteiger partial charge in [-0.1, -0.05) is 5.16 Å². The molecule has 0 spiro atoms. The Labute approximate surface area is 154 Å². The van der Waals surface area contributed by atoms with Crippen molar-refractivity contribution in [3.8, 4) is 0 Å². The van der Waals surface area contributed by atoms with Crippen LogP contribution in [0.4, 0.5) is 5.00 Å². The molecule has 0 aliphatic heterocycles. The number of amides is 1. The van der Waals surface area contributed by atoms with Crippen LogP contribution in [-0.4, -0.2) is 36.2 Å². The number of esters is 2. The predicted octanol–water partition coefficient (Wildman–Crippen LogP) is 2.56. The summed E-state index contributed by atoms with van der Waals surface area (Å²) in [6.07, 6.45) is -0.0143. The molecule has 0 unspecified atom stereocenters. The summed E-state index contributed by atoms with van der Waals surface area (Å²) >= 11 is 1.11. The first-order valence-corrected chi connectivity index (χ1v) is 8.78. The number of aryl methyl sites for hydroxylation is 3. The highest BCUT2D eigenvalue weighted by molar-refractivity contribution is 7.18. The van der Waals surface area contributed by atoms with Gasteiger partial charge in [0.2, 0.25) is 0 Å². The maximum atomic E-state index is 11.9. The molecule has 9 heteroatoms. The van der Waals surface area contributed by atoms with Crippen LogP contribution in [0.3, 0.4) is 0 Å². The minimum Gasteiger partial charge on any atom is -0.462 e. The van der Waals surface area contributed by atoms with Crippen molar-refractivity contribution in [3.63, 3.8) is 0 Å². The average molecular weight is 380 g/mol. The second-order valence-electron chi connectivity index (χ2n) is 5.53. The van der Waals surface area contributed by atoms with E-state index in [1.807, 2.05) is 0 Å². The summed E-state index contributed by atoms with van der Waals surface area (Å²) in [7, 11) is 0. The summed E-state index contributed by atoms with van der Waals surface area (Å²) in [6, 6.07) is 1.67. The summed E-state index contributed by atoms with van der Waals surface area (Å²) in [5, 5.41) is 6.84. The fourth-order valence-corrected chi connectivity index (χ4v) is 3.19. The van der Waals surface area contributed by atoms with Gasteiger partial charge in [-0.05, 0) is 39.3 Å². The first kappa shape index (κ1) is 19.6. The van der Waals surface area contributed by atoms with Crippen molar-refractivity contribution in [2.45, 2.75) is 34.1 Å². The van der Waals surface area contributed by atoms with Crippen LogP contribution in [0.25, 0.3) is 0 Å². The standard InChI is InChI=1S/C17H20N2O6S/c1-5-23-17(22)16-9(2)6-14(26-16)18-13(20)8-24-15(21)7-12-10(3)19-25-11(12)4/h6H,5,7-8H2,1-4H3,(H,18,20). The summed E-state index contributed by atoms with van der Waals surface area (Å²) in [4.78, 5) is 36.0. The van der Waals surface area contributed by atoms with Crippen LogP contribution in [0.1, 0.15) is 39.2 Å². The maximum Gasteiger partial charge on any atom is 0.348 e. The quantitative estimate of drug-likeness (QED) is 0.736. The van der Waals surface area contributed by atoms with Gasteiger partial charge in [0.15, 0.2) is 6.61 Å². The van der Waals surface area contributed by atoms with E-state index in [0.717, 1.165) is 11.3 Å². The van der Waals surface area contributed by atoms with Crippen molar-refractivity contribution < 1.29 is 28.4 Å². The molecule has 0 bridgehead atoms. The van der Waals surface area contributed by atoms with Crippen LogP contribution in [0.15, 0.2) is 10.6 Å². The molecule has 2 aromatic heterocycles. The van der Waals surface area contributed by atoms with E-state index in [2.05, 4.69) is 10.5 Å².